The predicted octanol–water partition coefficient (Wildman–Crippen LogP) is 3.70. The molecule has 0 amide bonds. The molecular formula is C21H17FN2O3S. The molecule has 1 atom stereocenters. The molecule has 0 aliphatic heterocycles. The minimum absolute atomic E-state index is 0.000300. The van der Waals surface area contributed by atoms with Crippen molar-refractivity contribution in [3.8, 4) is 16.9 Å². The van der Waals surface area contributed by atoms with E-state index in [1.165, 1.54) is 34.4 Å². The molecule has 2 heterocycles. The van der Waals surface area contributed by atoms with Crippen molar-refractivity contribution in [2.45, 2.75) is 12.6 Å². The van der Waals surface area contributed by atoms with Crippen LogP contribution >= 0.6 is 11.3 Å². The molecule has 7 heteroatoms. The Kier molecular flexibility index (Phi) is 5.18. The minimum Gasteiger partial charge on any atom is -0.488 e. The van der Waals surface area contributed by atoms with Gasteiger partial charge in [-0.1, -0.05) is 42.5 Å². The fourth-order valence-electron chi connectivity index (χ4n) is 2.96. The third kappa shape index (κ3) is 3.67. The van der Waals surface area contributed by atoms with Crippen molar-refractivity contribution in [2.24, 2.45) is 0 Å². The maximum Gasteiger partial charge on any atom is 0.262 e. The van der Waals surface area contributed by atoms with Crippen LogP contribution in [0.25, 0.3) is 21.3 Å². The lowest BCUT2D eigenvalue weighted by Gasteiger charge is -2.14. The zero-order valence-electron chi connectivity index (χ0n) is 14.8. The van der Waals surface area contributed by atoms with Gasteiger partial charge in [0.25, 0.3) is 5.56 Å². The monoisotopic (exact) mass is 396 g/mol. The number of nitrogens with zero attached hydrogens (tertiary/aromatic N) is 2. The number of hydrogen-bond acceptors (Lipinski definition) is 5. The van der Waals surface area contributed by atoms with Crippen LogP contribution in [0.2, 0.25) is 0 Å². The van der Waals surface area contributed by atoms with Crippen LogP contribution in [0.1, 0.15) is 0 Å². The molecule has 0 unspecified atom stereocenters. The predicted molar refractivity (Wildman–Crippen MR) is 107 cm³/mol. The molecule has 0 bridgehead atoms. The van der Waals surface area contributed by atoms with Gasteiger partial charge in [0.05, 0.1) is 18.3 Å². The van der Waals surface area contributed by atoms with E-state index < -0.39 is 11.9 Å². The summed E-state index contributed by atoms with van der Waals surface area (Å²) in [5.74, 6) is -0.438. The summed E-state index contributed by atoms with van der Waals surface area (Å²) in [6.45, 7) is -0.138. The molecule has 5 nitrogen and oxygen atoms in total. The number of ether oxygens (including phenoxy) is 1. The number of benzene rings is 2. The summed E-state index contributed by atoms with van der Waals surface area (Å²) in [5, 5.41) is 12.7. The number of fused-ring (bicyclic) bond motifs is 1. The Morgan fingerprint density at radius 3 is 2.68 bits per heavy atom. The Morgan fingerprint density at radius 1 is 1.14 bits per heavy atom. The van der Waals surface area contributed by atoms with Crippen molar-refractivity contribution in [3.05, 3.63) is 82.5 Å². The van der Waals surface area contributed by atoms with Gasteiger partial charge in [0.1, 0.15) is 17.5 Å². The zero-order valence-corrected chi connectivity index (χ0v) is 15.6. The molecule has 0 saturated heterocycles. The van der Waals surface area contributed by atoms with Crippen LogP contribution in [0.4, 0.5) is 4.39 Å². The lowest BCUT2D eigenvalue weighted by Crippen LogP contribution is -2.30. The molecule has 0 fully saturated rings. The number of aliphatic hydroxyl groups excluding tert-OH is 1. The van der Waals surface area contributed by atoms with E-state index in [-0.39, 0.29) is 24.5 Å². The first-order chi connectivity index (χ1) is 13.6. The van der Waals surface area contributed by atoms with Gasteiger partial charge in [-0.2, -0.15) is 0 Å². The quantitative estimate of drug-likeness (QED) is 0.540. The standard InChI is InChI=1S/C21H17FN2O3S/c22-17-8-4-5-9-18(17)27-11-15(25)10-24-13-23-20-19(21(24)26)16(12-28-20)14-6-2-1-3-7-14/h1-9,12-13,15,25H,10-11H2/t15-/m1/s1. The van der Waals surface area contributed by atoms with Crippen LogP contribution < -0.4 is 10.3 Å². The van der Waals surface area contributed by atoms with Crippen LogP contribution in [-0.4, -0.2) is 27.4 Å². The van der Waals surface area contributed by atoms with Gasteiger partial charge in [-0.3, -0.25) is 9.36 Å². The number of aliphatic hydroxyl groups is 1. The summed E-state index contributed by atoms with van der Waals surface area (Å²) in [4.78, 5) is 18.0. The first kappa shape index (κ1) is 18.3. The third-order valence-corrected chi connectivity index (χ3v) is 5.21. The summed E-state index contributed by atoms with van der Waals surface area (Å²) in [7, 11) is 0. The maximum atomic E-state index is 13.6. The van der Waals surface area contributed by atoms with E-state index in [0.29, 0.717) is 10.2 Å². The normalized spacial score (nSPS) is 12.2. The Hall–Kier alpha value is -3.03. The van der Waals surface area contributed by atoms with Crippen molar-refractivity contribution < 1.29 is 14.2 Å². The molecule has 0 spiro atoms. The van der Waals surface area contributed by atoms with Crippen LogP contribution in [0.3, 0.4) is 0 Å². The lowest BCUT2D eigenvalue weighted by atomic mass is 10.1. The van der Waals surface area contributed by atoms with Crippen molar-refractivity contribution in [1.82, 2.24) is 9.55 Å². The number of aromatic nitrogens is 2. The molecule has 4 rings (SSSR count). The highest BCUT2D eigenvalue weighted by atomic mass is 32.1. The number of hydrogen-bond donors (Lipinski definition) is 1. The van der Waals surface area contributed by atoms with E-state index in [1.807, 2.05) is 35.7 Å². The average Bonchev–Trinajstić information content (AvgIpc) is 3.15. The van der Waals surface area contributed by atoms with E-state index in [2.05, 4.69) is 4.98 Å². The molecule has 4 aromatic rings. The molecule has 142 valence electrons. The van der Waals surface area contributed by atoms with Gasteiger partial charge < -0.3 is 9.84 Å². The van der Waals surface area contributed by atoms with Crippen LogP contribution in [-0.2, 0) is 6.54 Å². The number of thiophene rings is 1. The summed E-state index contributed by atoms with van der Waals surface area (Å²) >= 11 is 1.41. The first-order valence-electron chi connectivity index (χ1n) is 8.71. The number of para-hydroxylation sites is 1. The molecule has 0 saturated carbocycles. The molecule has 2 aromatic carbocycles. The SMILES string of the molecule is O=c1c2c(-c3ccccc3)csc2ncn1C[C@@H](O)COc1ccccc1F. The van der Waals surface area contributed by atoms with Crippen molar-refractivity contribution in [1.29, 1.82) is 0 Å². The molecule has 0 radical (unpaired) electrons. The van der Waals surface area contributed by atoms with Gasteiger partial charge >= 0.3 is 0 Å². The van der Waals surface area contributed by atoms with E-state index in [0.717, 1.165) is 11.1 Å². The molecule has 0 aliphatic rings. The maximum absolute atomic E-state index is 13.6. The van der Waals surface area contributed by atoms with Gasteiger partial charge in [-0.25, -0.2) is 9.37 Å². The van der Waals surface area contributed by atoms with Crippen molar-refractivity contribution in [2.75, 3.05) is 6.61 Å². The average molecular weight is 396 g/mol. The van der Waals surface area contributed by atoms with E-state index in [1.54, 1.807) is 12.1 Å². The summed E-state index contributed by atoms with van der Waals surface area (Å²) in [5.41, 5.74) is 1.54. The minimum atomic E-state index is -0.990. The number of halogens is 1. The second-order valence-electron chi connectivity index (χ2n) is 6.29. The molecule has 1 N–H and O–H groups in total. The second kappa shape index (κ2) is 7.92. The first-order valence-corrected chi connectivity index (χ1v) is 9.59. The summed E-state index contributed by atoms with van der Waals surface area (Å²) in [6, 6.07) is 15.6. The van der Waals surface area contributed by atoms with Gasteiger partial charge in [0.2, 0.25) is 0 Å². The van der Waals surface area contributed by atoms with Crippen LogP contribution in [0.15, 0.2) is 71.1 Å². The van der Waals surface area contributed by atoms with Gasteiger partial charge in [-0.05, 0) is 17.7 Å². The van der Waals surface area contributed by atoms with Crippen molar-refractivity contribution in [3.63, 3.8) is 0 Å². The lowest BCUT2D eigenvalue weighted by molar-refractivity contribution is 0.0895. The highest BCUT2D eigenvalue weighted by Crippen LogP contribution is 2.30. The fraction of sp³-hybridized carbons (Fsp3) is 0.143. The molecule has 28 heavy (non-hydrogen) atoms. The summed E-state index contributed by atoms with van der Waals surface area (Å²) in [6.07, 6.45) is 0.429. The Labute approximate surface area is 164 Å². The largest absolute Gasteiger partial charge is 0.488 e. The third-order valence-electron chi connectivity index (χ3n) is 4.32. The van der Waals surface area contributed by atoms with Crippen molar-refractivity contribution >= 4 is 21.6 Å². The highest BCUT2D eigenvalue weighted by molar-refractivity contribution is 7.17. The smallest absolute Gasteiger partial charge is 0.262 e. The molecule has 2 aromatic heterocycles. The second-order valence-corrected chi connectivity index (χ2v) is 7.15. The van der Waals surface area contributed by atoms with E-state index >= 15 is 0 Å². The molecular weight excluding hydrogens is 379 g/mol. The van der Waals surface area contributed by atoms with Gasteiger partial charge in [0, 0.05) is 10.9 Å². The van der Waals surface area contributed by atoms with Gasteiger partial charge in [-0.15, -0.1) is 11.3 Å². The number of rotatable bonds is 6. The Bertz CT molecular complexity index is 1160. The Balaban J connectivity index is 1.57. The van der Waals surface area contributed by atoms with Crippen LogP contribution in [0, 0.1) is 5.82 Å². The van der Waals surface area contributed by atoms with Crippen LogP contribution in [0.5, 0.6) is 5.75 Å². The molecule has 0 aliphatic carbocycles. The van der Waals surface area contributed by atoms with E-state index in [9.17, 15) is 14.3 Å². The van der Waals surface area contributed by atoms with Gasteiger partial charge in [0.15, 0.2) is 11.6 Å². The zero-order chi connectivity index (χ0) is 19.5. The van der Waals surface area contributed by atoms with E-state index in [4.69, 9.17) is 4.74 Å². The highest BCUT2D eigenvalue weighted by Gasteiger charge is 2.15. The fourth-order valence-corrected chi connectivity index (χ4v) is 3.86. The Morgan fingerprint density at radius 2 is 1.89 bits per heavy atom. The topological polar surface area (TPSA) is 64.4 Å². The summed E-state index contributed by atoms with van der Waals surface area (Å²) < 4.78 is 20.3.